The number of carbonyl (C=O) groups excluding carboxylic acids is 1. The molecule has 0 unspecified atom stereocenters. The van der Waals surface area contributed by atoms with E-state index in [4.69, 9.17) is 10.00 Å². The molecule has 2 N–H and O–H groups in total. The Morgan fingerprint density at radius 3 is 2.43 bits per heavy atom. The van der Waals surface area contributed by atoms with E-state index in [0.717, 1.165) is 5.56 Å². The number of amides is 1. The first-order chi connectivity index (χ1) is 16.5. The number of nitriles is 2. The molecule has 178 valence electrons. The van der Waals surface area contributed by atoms with Crippen LogP contribution in [0.4, 0.5) is 19.1 Å². The number of halogens is 3. The molecule has 0 saturated heterocycles. The van der Waals surface area contributed by atoms with Gasteiger partial charge in [0.2, 0.25) is 11.8 Å². The molecule has 11 heteroatoms. The zero-order valence-electron chi connectivity index (χ0n) is 18.7. The molecule has 0 spiro atoms. The zero-order chi connectivity index (χ0) is 25.2. The molecule has 2 aromatic rings. The molecule has 1 aromatic carbocycles. The van der Waals surface area contributed by atoms with Crippen molar-refractivity contribution in [3.63, 3.8) is 0 Å². The van der Waals surface area contributed by atoms with Crippen LogP contribution in [0, 0.1) is 41.9 Å². The molecule has 8 nitrogen and oxygen atoms in total. The smallest absolute Gasteiger partial charge is 0.413 e. The number of anilines is 1. The van der Waals surface area contributed by atoms with Gasteiger partial charge in [-0.1, -0.05) is 0 Å². The summed E-state index contributed by atoms with van der Waals surface area (Å²) < 4.78 is 47.3. The summed E-state index contributed by atoms with van der Waals surface area (Å²) in [7, 11) is 0. The van der Waals surface area contributed by atoms with E-state index in [2.05, 4.69) is 21.4 Å². The second kappa shape index (κ2) is 7.44. The van der Waals surface area contributed by atoms with E-state index in [1.165, 1.54) is 6.08 Å². The molecule has 1 aromatic heterocycles. The van der Waals surface area contributed by atoms with Gasteiger partial charge in [0.05, 0.1) is 23.1 Å². The number of fused-ring (bicyclic) bond motifs is 1. The lowest BCUT2D eigenvalue weighted by Crippen LogP contribution is -2.70. The largest absolute Gasteiger partial charge is 0.438 e. The lowest BCUT2D eigenvalue weighted by molar-refractivity contribution is -0.154. The predicted octanol–water partition coefficient (Wildman–Crippen LogP) is 4.63. The Morgan fingerprint density at radius 2 is 1.86 bits per heavy atom. The zero-order valence-corrected chi connectivity index (χ0v) is 18.7. The monoisotopic (exact) mass is 480 g/mol. The minimum absolute atomic E-state index is 0.0214. The number of rotatable bonds is 5. The first-order valence-corrected chi connectivity index (χ1v) is 10.8. The van der Waals surface area contributed by atoms with Crippen molar-refractivity contribution in [3.05, 3.63) is 46.2 Å². The van der Waals surface area contributed by atoms with Gasteiger partial charge in [-0.25, -0.2) is 4.98 Å². The fourth-order valence-corrected chi connectivity index (χ4v) is 5.28. The minimum Gasteiger partial charge on any atom is -0.438 e. The Hall–Kier alpha value is -4.12. The fourth-order valence-electron chi connectivity index (χ4n) is 5.28. The highest BCUT2D eigenvalue weighted by Crippen LogP contribution is 2.67. The van der Waals surface area contributed by atoms with E-state index < -0.39 is 34.9 Å². The van der Waals surface area contributed by atoms with Gasteiger partial charge in [-0.2, -0.15) is 28.7 Å². The van der Waals surface area contributed by atoms with Crippen LogP contribution in [0.15, 0.2) is 18.2 Å². The van der Waals surface area contributed by atoms with Crippen LogP contribution >= 0.6 is 0 Å². The Balaban J connectivity index is 1.56. The second-order valence-electron chi connectivity index (χ2n) is 9.44. The Bertz CT molecular complexity index is 1340. The molecule has 35 heavy (non-hydrogen) atoms. The molecule has 0 radical (unpaired) electrons. The van der Waals surface area contributed by atoms with E-state index >= 15 is 0 Å². The summed E-state index contributed by atoms with van der Waals surface area (Å²) in [6.07, 6.45) is -0.105. The van der Waals surface area contributed by atoms with Crippen LogP contribution in [-0.2, 0) is 0 Å². The lowest BCUT2D eigenvalue weighted by atomic mass is 9.40. The third kappa shape index (κ3) is 3.64. The summed E-state index contributed by atoms with van der Waals surface area (Å²) in [5, 5.41) is 23.1. The Morgan fingerprint density at radius 1 is 1.20 bits per heavy atom. The van der Waals surface area contributed by atoms with Gasteiger partial charge < -0.3 is 15.4 Å². The number of nitrogens with zero attached hydrogens (tertiary/aromatic N) is 4. The van der Waals surface area contributed by atoms with Crippen molar-refractivity contribution < 1.29 is 22.7 Å². The summed E-state index contributed by atoms with van der Waals surface area (Å²) in [6, 6.07) is 5.34. The van der Waals surface area contributed by atoms with E-state index in [9.17, 15) is 23.2 Å². The quantitative estimate of drug-likeness (QED) is 0.598. The maximum absolute atomic E-state index is 13.8. The number of nitrogens with one attached hydrogen (secondary N) is 2. The summed E-state index contributed by atoms with van der Waals surface area (Å²) in [6.45, 7) is 3.45. The van der Waals surface area contributed by atoms with Gasteiger partial charge in [0.25, 0.3) is 5.91 Å². The van der Waals surface area contributed by atoms with Crippen LogP contribution in [0.3, 0.4) is 0 Å². The normalized spacial score (nSPS) is 26.1. The summed E-state index contributed by atoms with van der Waals surface area (Å²) in [4.78, 5) is 20.8. The van der Waals surface area contributed by atoms with Crippen LogP contribution < -0.4 is 15.4 Å². The third-order valence-electron chi connectivity index (χ3n) is 6.69. The third-order valence-corrected chi connectivity index (χ3v) is 6.69. The number of benzene rings is 1. The number of aryl methyl sites for hydroxylation is 2. The molecule has 1 amide bonds. The summed E-state index contributed by atoms with van der Waals surface area (Å²) in [5.74, 6) is -1.06. The van der Waals surface area contributed by atoms with Crippen molar-refractivity contribution >= 4 is 17.9 Å². The number of ether oxygens (including phenoxy) is 1. The van der Waals surface area contributed by atoms with Crippen molar-refractivity contribution in [2.24, 2.45) is 5.41 Å². The first-order valence-electron chi connectivity index (χ1n) is 10.8. The second-order valence-corrected chi connectivity index (χ2v) is 9.44. The molecular weight excluding hydrogens is 461 g/mol. The first kappa shape index (κ1) is 22.7. The van der Waals surface area contributed by atoms with Gasteiger partial charge in [-0.15, -0.1) is 0 Å². The van der Waals surface area contributed by atoms with Gasteiger partial charge in [-0.3, -0.25) is 4.79 Å². The van der Waals surface area contributed by atoms with Gasteiger partial charge in [-0.05, 0) is 68.0 Å². The molecule has 3 saturated carbocycles. The van der Waals surface area contributed by atoms with Crippen molar-refractivity contribution in [3.8, 4) is 23.8 Å². The fraction of sp³-hybridized carbons (Fsp3) is 0.375. The van der Waals surface area contributed by atoms with Crippen LogP contribution in [0.25, 0.3) is 6.08 Å². The number of hydrogen-bond acceptors (Lipinski definition) is 7. The van der Waals surface area contributed by atoms with Crippen LogP contribution in [0.1, 0.15) is 58.0 Å². The summed E-state index contributed by atoms with van der Waals surface area (Å²) >= 11 is 0. The van der Waals surface area contributed by atoms with Crippen LogP contribution in [0.5, 0.6) is 11.6 Å². The molecule has 6 rings (SSSR count). The molecule has 3 fully saturated rings. The van der Waals surface area contributed by atoms with Crippen LogP contribution in [-0.4, -0.2) is 27.6 Å². The molecular formula is C24H19F3N6O2. The molecule has 2 bridgehead atoms. The molecule has 3 aliphatic carbocycles. The van der Waals surface area contributed by atoms with Crippen molar-refractivity contribution in [2.45, 2.75) is 50.9 Å². The van der Waals surface area contributed by atoms with Gasteiger partial charge in [0.1, 0.15) is 11.4 Å². The highest BCUT2D eigenvalue weighted by Gasteiger charge is 2.69. The average molecular weight is 480 g/mol. The van der Waals surface area contributed by atoms with Crippen molar-refractivity contribution in [1.29, 1.82) is 10.5 Å². The maximum atomic E-state index is 13.8. The number of allylic oxidation sites excluding steroid dienone is 1. The predicted molar refractivity (Wildman–Crippen MR) is 117 cm³/mol. The van der Waals surface area contributed by atoms with Crippen LogP contribution in [0.2, 0.25) is 0 Å². The number of hydrogen-bond donors (Lipinski definition) is 2. The van der Waals surface area contributed by atoms with Crippen molar-refractivity contribution in [2.75, 3.05) is 5.32 Å². The van der Waals surface area contributed by atoms with Gasteiger partial charge >= 0.3 is 6.18 Å². The maximum Gasteiger partial charge on any atom is 0.413 e. The molecule has 2 heterocycles. The van der Waals surface area contributed by atoms with Gasteiger partial charge in [0.15, 0.2) is 6.04 Å². The highest BCUT2D eigenvalue weighted by atomic mass is 19.4. The average Bonchev–Trinajstić information content (AvgIpc) is 3.08. The van der Waals surface area contributed by atoms with Crippen molar-refractivity contribution in [1.82, 2.24) is 15.3 Å². The number of carbonyl (C=O) groups is 1. The van der Waals surface area contributed by atoms with E-state index in [1.807, 2.05) is 11.4 Å². The highest BCUT2D eigenvalue weighted by molar-refractivity contribution is 5.98. The topological polar surface area (TPSA) is 124 Å². The Kier molecular flexibility index (Phi) is 4.82. The number of aromatic nitrogens is 2. The standard InChI is InChI=1S/C24H19F3N6O2/c1-12-6-14(4-3-5-28)7-13(2)17(12)35-20-15-16(19(34)31-18(15)24(25,26)27)30-21(32-20)33-23-8-22(9-23,10-23)11-29/h3-4,6-7,18H,8-10H2,1-2H3,(H,31,34)(H,30,32,33)/b4-3+/t18-,22?,23?/m1/s1. The van der Waals surface area contributed by atoms with Gasteiger partial charge in [0, 0.05) is 11.6 Å². The van der Waals surface area contributed by atoms with E-state index in [-0.39, 0.29) is 17.2 Å². The minimum atomic E-state index is -4.78. The lowest BCUT2D eigenvalue weighted by Gasteiger charge is -2.66. The number of alkyl halides is 3. The Labute approximate surface area is 198 Å². The summed E-state index contributed by atoms with van der Waals surface area (Å²) in [5.41, 5.74) is 0.320. The van der Waals surface area contributed by atoms with E-state index in [1.54, 1.807) is 32.1 Å². The van der Waals surface area contributed by atoms with E-state index in [0.29, 0.717) is 36.1 Å². The SMILES string of the molecule is Cc1cc(/C=C/C#N)cc(C)c1Oc1nc(NC23CC(C#N)(C2)C3)nc2c1[C@H](C(F)(F)F)NC2=O. The molecule has 1 atom stereocenters. The molecule has 1 aliphatic heterocycles. The molecule has 4 aliphatic rings.